The van der Waals surface area contributed by atoms with E-state index in [1.165, 1.54) is 45.6 Å². The maximum Gasteiger partial charge on any atom is 0.338 e. The van der Waals surface area contributed by atoms with Gasteiger partial charge in [0.1, 0.15) is 0 Å². The summed E-state index contributed by atoms with van der Waals surface area (Å²) in [6, 6.07) is 7.76. The van der Waals surface area contributed by atoms with Gasteiger partial charge in [0.2, 0.25) is 0 Å². The van der Waals surface area contributed by atoms with Crippen molar-refractivity contribution in [3.8, 4) is 11.1 Å². The largest absolute Gasteiger partial charge is 0.465 e. The van der Waals surface area contributed by atoms with Gasteiger partial charge in [-0.15, -0.1) is 10.2 Å². The van der Waals surface area contributed by atoms with Crippen LogP contribution in [0.1, 0.15) is 66.6 Å². The maximum atomic E-state index is 13.3. The minimum atomic E-state index is -0.311. The van der Waals surface area contributed by atoms with Crippen LogP contribution in [0.2, 0.25) is 5.15 Å². The van der Waals surface area contributed by atoms with E-state index in [9.17, 15) is 4.79 Å². The van der Waals surface area contributed by atoms with E-state index < -0.39 is 0 Å². The van der Waals surface area contributed by atoms with Crippen molar-refractivity contribution >= 4 is 29.1 Å². The van der Waals surface area contributed by atoms with Crippen molar-refractivity contribution in [1.29, 1.82) is 0 Å². The summed E-state index contributed by atoms with van der Waals surface area (Å²) in [6.45, 7) is 3.94. The monoisotopic (exact) mass is 531 g/mol. The Morgan fingerprint density at radius 3 is 2.45 bits per heavy atom. The number of rotatable bonds is 5. The molecule has 4 aliphatic carbocycles. The maximum absolute atomic E-state index is 13.3. The second-order valence-electron chi connectivity index (χ2n) is 12.2. The molecule has 0 spiro atoms. The lowest BCUT2D eigenvalue weighted by atomic mass is 9.49. The lowest BCUT2D eigenvalue weighted by Gasteiger charge is -2.56. The van der Waals surface area contributed by atoms with Crippen molar-refractivity contribution in [3.05, 3.63) is 52.4 Å². The van der Waals surface area contributed by atoms with Crippen molar-refractivity contribution < 1.29 is 9.53 Å². The number of halogens is 1. The Kier molecular flexibility index (Phi) is 5.76. The number of ether oxygens (including phenoxy) is 1. The highest BCUT2D eigenvalue weighted by Gasteiger charge is 2.51. The van der Waals surface area contributed by atoms with Gasteiger partial charge >= 0.3 is 5.97 Å². The first-order valence-corrected chi connectivity index (χ1v) is 14.3. The molecule has 7 nitrogen and oxygen atoms in total. The minimum absolute atomic E-state index is 0.311. The molecule has 3 aromatic rings. The van der Waals surface area contributed by atoms with Crippen molar-refractivity contribution in [2.45, 2.75) is 64.8 Å². The van der Waals surface area contributed by atoms with E-state index in [0.717, 1.165) is 77.6 Å². The molecule has 0 unspecified atom stereocenters. The van der Waals surface area contributed by atoms with Gasteiger partial charge in [-0.3, -0.25) is 4.68 Å². The Morgan fingerprint density at radius 1 is 1.05 bits per heavy atom. The summed E-state index contributed by atoms with van der Waals surface area (Å²) < 4.78 is 7.55. The average Bonchev–Trinajstić information content (AvgIpc) is 3.25. The Morgan fingerprint density at radius 2 is 1.79 bits per heavy atom. The minimum Gasteiger partial charge on any atom is -0.465 e. The van der Waals surface area contributed by atoms with E-state index in [0.29, 0.717) is 16.1 Å². The zero-order valence-electron chi connectivity index (χ0n) is 22.1. The molecule has 0 atom stereocenters. The normalized spacial score (nSPS) is 27.4. The van der Waals surface area contributed by atoms with Crippen molar-refractivity contribution in [2.75, 3.05) is 18.6 Å². The number of esters is 1. The van der Waals surface area contributed by atoms with Gasteiger partial charge in [-0.2, -0.15) is 5.10 Å². The molecule has 2 aromatic heterocycles. The van der Waals surface area contributed by atoms with Gasteiger partial charge < -0.3 is 9.64 Å². The predicted octanol–water partition coefficient (Wildman–Crippen LogP) is 6.39. The van der Waals surface area contributed by atoms with Gasteiger partial charge in [0.05, 0.1) is 18.9 Å². The molecule has 0 saturated heterocycles. The topological polar surface area (TPSA) is 73.1 Å². The third kappa shape index (κ3) is 3.93. The third-order valence-electron chi connectivity index (χ3n) is 9.72. The molecule has 4 saturated carbocycles. The zero-order chi connectivity index (χ0) is 26.0. The van der Waals surface area contributed by atoms with Crippen molar-refractivity contribution in [2.24, 2.45) is 23.2 Å². The number of anilines is 2. The van der Waals surface area contributed by atoms with E-state index in [4.69, 9.17) is 21.4 Å². The molecule has 4 bridgehead atoms. The van der Waals surface area contributed by atoms with Gasteiger partial charge in [0, 0.05) is 35.6 Å². The Bertz CT molecular complexity index is 1360. The number of fused-ring (bicyclic) bond motifs is 1. The first kappa shape index (κ1) is 24.1. The number of methoxy groups -OCH3 is 1. The molecule has 1 aromatic carbocycles. The Hall–Kier alpha value is -2.93. The van der Waals surface area contributed by atoms with E-state index in [-0.39, 0.29) is 5.97 Å². The molecular formula is C30H34ClN5O2. The lowest BCUT2D eigenvalue weighted by molar-refractivity contribution is -0.0638. The molecule has 8 heteroatoms. The van der Waals surface area contributed by atoms with E-state index in [1.807, 2.05) is 18.3 Å². The van der Waals surface area contributed by atoms with Crippen LogP contribution >= 0.6 is 11.6 Å². The molecule has 198 valence electrons. The number of hydrogen-bond donors (Lipinski definition) is 0. The first-order chi connectivity index (χ1) is 18.4. The Labute approximate surface area is 228 Å². The molecule has 38 heavy (non-hydrogen) atoms. The van der Waals surface area contributed by atoms with Crippen LogP contribution in [0.4, 0.5) is 11.5 Å². The van der Waals surface area contributed by atoms with Crippen LogP contribution in [0, 0.1) is 30.1 Å². The summed E-state index contributed by atoms with van der Waals surface area (Å²) in [5, 5.41) is 13.6. The standard InChI is InChI=1S/C30H34ClN5O2/c1-18-24(16-32-36(18)17-30-13-19-10-20(14-30)12-21(11-19)15-30)22-5-6-25-23(28(22)29(37)38-2)4-3-9-35(25)27-8-7-26(31)33-34-27/h5-8,16,19-21H,3-4,9-15,17H2,1-2H3. The SMILES string of the molecule is COC(=O)c1c(-c2cnn(CC34CC5CC(CC(C5)C3)C4)c2C)ccc2c1CCCN2c1ccc(Cl)nn1. The van der Waals surface area contributed by atoms with E-state index >= 15 is 0 Å². The zero-order valence-corrected chi connectivity index (χ0v) is 22.9. The second-order valence-corrected chi connectivity index (χ2v) is 12.6. The van der Waals surface area contributed by atoms with Gasteiger partial charge in [-0.05, 0) is 105 Å². The van der Waals surface area contributed by atoms with Crippen molar-refractivity contribution in [1.82, 2.24) is 20.0 Å². The van der Waals surface area contributed by atoms with E-state index in [2.05, 4.69) is 32.8 Å². The molecule has 0 amide bonds. The summed E-state index contributed by atoms with van der Waals surface area (Å²) in [7, 11) is 1.46. The number of carbonyl (C=O) groups excluding carboxylic acids is 1. The molecule has 1 aliphatic heterocycles. The summed E-state index contributed by atoms with van der Waals surface area (Å²) in [4.78, 5) is 15.4. The summed E-state index contributed by atoms with van der Waals surface area (Å²) in [5.74, 6) is 3.15. The highest BCUT2D eigenvalue weighted by molar-refractivity contribution is 6.29. The summed E-state index contributed by atoms with van der Waals surface area (Å²) >= 11 is 5.98. The van der Waals surface area contributed by atoms with Crippen LogP contribution in [-0.4, -0.2) is 39.6 Å². The molecule has 4 fully saturated rings. The molecule has 3 heterocycles. The fraction of sp³-hybridized carbons (Fsp3) is 0.533. The Balaban J connectivity index is 1.26. The quantitative estimate of drug-likeness (QED) is 0.355. The number of carbonyl (C=O) groups is 1. The van der Waals surface area contributed by atoms with Crippen LogP contribution in [0.25, 0.3) is 11.1 Å². The molecular weight excluding hydrogens is 498 g/mol. The van der Waals surface area contributed by atoms with Crippen LogP contribution in [0.3, 0.4) is 0 Å². The van der Waals surface area contributed by atoms with Gasteiger partial charge in [0.15, 0.2) is 11.0 Å². The summed E-state index contributed by atoms with van der Waals surface area (Å²) in [6.07, 6.45) is 12.0. The average molecular weight is 532 g/mol. The van der Waals surface area contributed by atoms with Gasteiger partial charge in [0.25, 0.3) is 0 Å². The highest BCUT2D eigenvalue weighted by Crippen LogP contribution is 2.60. The first-order valence-electron chi connectivity index (χ1n) is 14.0. The highest BCUT2D eigenvalue weighted by atomic mass is 35.5. The molecule has 0 N–H and O–H groups in total. The number of aromatic nitrogens is 4. The predicted molar refractivity (Wildman–Crippen MR) is 147 cm³/mol. The third-order valence-corrected chi connectivity index (χ3v) is 9.92. The summed E-state index contributed by atoms with van der Waals surface area (Å²) in [5.41, 5.74) is 6.02. The van der Waals surface area contributed by atoms with Crippen LogP contribution in [-0.2, 0) is 17.7 Å². The number of benzene rings is 1. The van der Waals surface area contributed by atoms with Crippen LogP contribution in [0.5, 0.6) is 0 Å². The number of hydrogen-bond acceptors (Lipinski definition) is 6. The van der Waals surface area contributed by atoms with Gasteiger partial charge in [-0.1, -0.05) is 17.7 Å². The molecule has 5 aliphatic rings. The number of nitrogens with zero attached hydrogens (tertiary/aromatic N) is 5. The van der Waals surface area contributed by atoms with E-state index in [1.54, 1.807) is 6.07 Å². The molecule has 8 rings (SSSR count). The van der Waals surface area contributed by atoms with Crippen LogP contribution < -0.4 is 4.90 Å². The van der Waals surface area contributed by atoms with Crippen LogP contribution in [0.15, 0.2) is 30.5 Å². The molecule has 0 radical (unpaired) electrons. The fourth-order valence-corrected chi connectivity index (χ4v) is 8.70. The van der Waals surface area contributed by atoms with Crippen molar-refractivity contribution in [3.63, 3.8) is 0 Å². The van der Waals surface area contributed by atoms with Gasteiger partial charge in [-0.25, -0.2) is 4.79 Å². The lowest BCUT2D eigenvalue weighted by Crippen LogP contribution is -2.48. The second kappa shape index (κ2) is 9.08. The fourth-order valence-electron chi connectivity index (χ4n) is 8.60. The smallest absolute Gasteiger partial charge is 0.338 e.